The summed E-state index contributed by atoms with van der Waals surface area (Å²) in [6.45, 7) is 0. The molecule has 348 valence electrons. The molecule has 1 aromatic heterocycles. The maximum Gasteiger partial charge on any atom is 0.136 e. The molecule has 73 heavy (non-hydrogen) atoms. The van der Waals surface area contributed by atoms with Gasteiger partial charge >= 0.3 is 0 Å². The van der Waals surface area contributed by atoms with Crippen LogP contribution in [0.15, 0.2) is 241 Å². The highest BCUT2D eigenvalue weighted by atomic mass is 16.3. The second-order valence-electron chi connectivity index (χ2n) is 22.0. The zero-order chi connectivity index (χ0) is 47.8. The lowest BCUT2D eigenvalue weighted by atomic mass is 9.38. The molecule has 4 saturated carbocycles. The SMILES string of the molecule is c1ccc(-c2ccc(-c3ccc(N(c4ccc(-c5ccc6c(c5)oc5ccccc56)cc4)c4ccc5c(c4)C4(c6ccccc6C56c5ccccc5-c5ccccc56)C5CC6CC(C5)CC4C6)cc3)cc2)cc1. The Kier molecular flexibility index (Phi) is 8.88. The molecule has 6 aliphatic rings. The molecule has 0 saturated heterocycles. The van der Waals surface area contributed by atoms with Crippen LogP contribution in [0.4, 0.5) is 17.1 Å². The predicted molar refractivity (Wildman–Crippen MR) is 300 cm³/mol. The predicted octanol–water partition coefficient (Wildman–Crippen LogP) is 18.5. The van der Waals surface area contributed by atoms with Crippen LogP contribution < -0.4 is 4.90 Å². The molecule has 0 amide bonds. The van der Waals surface area contributed by atoms with E-state index < -0.39 is 5.41 Å². The van der Waals surface area contributed by atoms with Gasteiger partial charge in [-0.2, -0.15) is 0 Å². The first kappa shape index (κ1) is 41.4. The van der Waals surface area contributed by atoms with Crippen LogP contribution in [0.3, 0.4) is 0 Å². The number of fused-ring (bicyclic) bond motifs is 12. The van der Waals surface area contributed by atoms with Crippen molar-refractivity contribution >= 4 is 39.0 Å². The lowest BCUT2D eigenvalue weighted by molar-refractivity contribution is -0.0440. The van der Waals surface area contributed by atoms with E-state index >= 15 is 0 Å². The van der Waals surface area contributed by atoms with E-state index in [9.17, 15) is 0 Å². The van der Waals surface area contributed by atoms with E-state index in [-0.39, 0.29) is 5.41 Å². The van der Waals surface area contributed by atoms with Gasteiger partial charge < -0.3 is 9.32 Å². The zero-order valence-corrected chi connectivity index (χ0v) is 40.7. The number of para-hydroxylation sites is 1. The number of furan rings is 1. The molecule has 11 aromatic rings. The van der Waals surface area contributed by atoms with Gasteiger partial charge in [-0.1, -0.05) is 182 Å². The summed E-state index contributed by atoms with van der Waals surface area (Å²) in [7, 11) is 0. The molecule has 17 rings (SSSR count). The maximum atomic E-state index is 6.38. The molecule has 0 radical (unpaired) electrons. The van der Waals surface area contributed by atoms with E-state index in [1.54, 1.807) is 11.1 Å². The molecular formula is C71H53NO. The lowest BCUT2D eigenvalue weighted by Crippen LogP contribution is -2.59. The van der Waals surface area contributed by atoms with Crippen LogP contribution in [0, 0.1) is 23.7 Å². The lowest BCUT2D eigenvalue weighted by Gasteiger charge is -2.65. The van der Waals surface area contributed by atoms with Crippen molar-refractivity contribution in [2.45, 2.75) is 42.9 Å². The molecule has 4 fully saturated rings. The highest BCUT2D eigenvalue weighted by molar-refractivity contribution is 6.06. The Hall–Kier alpha value is -8.20. The number of hydrogen-bond acceptors (Lipinski definition) is 2. The Morgan fingerprint density at radius 2 is 0.767 bits per heavy atom. The Balaban J connectivity index is 0.889. The van der Waals surface area contributed by atoms with E-state index in [2.05, 4.69) is 235 Å². The van der Waals surface area contributed by atoms with Crippen LogP contribution in [0.25, 0.3) is 66.4 Å². The van der Waals surface area contributed by atoms with Crippen molar-refractivity contribution in [2.24, 2.45) is 23.7 Å². The van der Waals surface area contributed by atoms with Crippen LogP contribution in [0.2, 0.25) is 0 Å². The first-order valence-corrected chi connectivity index (χ1v) is 26.6. The summed E-state index contributed by atoms with van der Waals surface area (Å²) in [5, 5.41) is 2.30. The van der Waals surface area contributed by atoms with Gasteiger partial charge in [-0.15, -0.1) is 0 Å². The summed E-state index contributed by atoms with van der Waals surface area (Å²) < 4.78 is 6.38. The third-order valence-corrected chi connectivity index (χ3v) is 18.6. The van der Waals surface area contributed by atoms with E-state index in [0.29, 0.717) is 11.8 Å². The average Bonchev–Trinajstić information content (AvgIpc) is 3.97. The van der Waals surface area contributed by atoms with Gasteiger partial charge in [0.2, 0.25) is 0 Å². The molecule has 2 spiro atoms. The van der Waals surface area contributed by atoms with Crippen LogP contribution >= 0.6 is 0 Å². The quantitative estimate of drug-likeness (QED) is 0.165. The molecular weight excluding hydrogens is 883 g/mol. The Morgan fingerprint density at radius 1 is 0.315 bits per heavy atom. The van der Waals surface area contributed by atoms with Crippen molar-refractivity contribution in [3.8, 4) is 44.5 Å². The topological polar surface area (TPSA) is 16.4 Å². The van der Waals surface area contributed by atoms with Crippen LogP contribution in [-0.2, 0) is 10.8 Å². The standard InChI is InChI=1S/C71H53NO/c1-2-12-47(13-3-1)48-22-24-49(25-23-48)50-26-31-55(32-27-50)72(56-33-28-51(29-34-56)52-30-36-61-60-16-6-11-21-68(60)73-69(61)43-52)57-35-37-66-67(44-57)70(53-39-45-38-46(41-53)42-54(70)40-45)64-19-9-10-20-65(64)71(66)62-17-7-4-14-58(62)59-15-5-8-18-63(59)71/h1-37,43-46,53-54H,38-42H2. The fraction of sp³-hybridized carbons (Fsp3) is 0.155. The van der Waals surface area contributed by atoms with E-state index in [4.69, 9.17) is 4.42 Å². The first-order valence-electron chi connectivity index (χ1n) is 26.6. The van der Waals surface area contributed by atoms with Crippen LogP contribution in [0.1, 0.15) is 65.5 Å². The van der Waals surface area contributed by atoms with E-state index in [1.165, 1.54) is 93.4 Å². The van der Waals surface area contributed by atoms with Crippen molar-refractivity contribution in [1.29, 1.82) is 0 Å². The summed E-state index contributed by atoms with van der Waals surface area (Å²) in [6, 6.07) is 89.4. The van der Waals surface area contributed by atoms with E-state index in [1.807, 2.05) is 6.07 Å². The zero-order valence-electron chi connectivity index (χ0n) is 40.7. The van der Waals surface area contributed by atoms with Gasteiger partial charge in [0.15, 0.2) is 0 Å². The third kappa shape index (κ3) is 5.87. The third-order valence-electron chi connectivity index (χ3n) is 18.6. The summed E-state index contributed by atoms with van der Waals surface area (Å²) in [6.07, 6.45) is 6.72. The summed E-state index contributed by atoms with van der Waals surface area (Å²) in [5.74, 6) is 2.89. The molecule has 1 heterocycles. The minimum atomic E-state index is -0.428. The average molecular weight is 936 g/mol. The molecule has 0 N–H and O–H groups in total. The highest BCUT2D eigenvalue weighted by Crippen LogP contribution is 2.71. The largest absolute Gasteiger partial charge is 0.456 e. The van der Waals surface area contributed by atoms with Crippen molar-refractivity contribution in [1.82, 2.24) is 0 Å². The second kappa shape index (κ2) is 15.6. The van der Waals surface area contributed by atoms with Gasteiger partial charge in [0, 0.05) is 33.2 Å². The number of benzene rings is 10. The van der Waals surface area contributed by atoms with Crippen LogP contribution in [0.5, 0.6) is 0 Å². The Labute approximate surface area is 427 Å². The minimum Gasteiger partial charge on any atom is -0.456 e. The molecule has 0 atom stereocenters. The molecule has 4 bridgehead atoms. The van der Waals surface area contributed by atoms with Gasteiger partial charge in [-0.3, -0.25) is 0 Å². The van der Waals surface area contributed by atoms with Gasteiger partial charge in [0.1, 0.15) is 11.2 Å². The molecule has 2 nitrogen and oxygen atoms in total. The molecule has 0 aliphatic heterocycles. The van der Waals surface area contributed by atoms with Crippen molar-refractivity contribution in [2.75, 3.05) is 4.90 Å². The smallest absolute Gasteiger partial charge is 0.136 e. The fourth-order valence-electron chi connectivity index (χ4n) is 15.9. The first-order chi connectivity index (χ1) is 36.1. The summed E-state index contributed by atoms with van der Waals surface area (Å²) in [5.41, 5.74) is 23.7. The van der Waals surface area contributed by atoms with Crippen molar-refractivity contribution in [3.63, 3.8) is 0 Å². The van der Waals surface area contributed by atoms with E-state index in [0.717, 1.165) is 56.3 Å². The van der Waals surface area contributed by atoms with Gasteiger partial charge in [0.05, 0.1) is 5.41 Å². The fourth-order valence-corrected chi connectivity index (χ4v) is 15.9. The molecule has 0 unspecified atom stereocenters. The highest BCUT2D eigenvalue weighted by Gasteiger charge is 2.64. The van der Waals surface area contributed by atoms with Gasteiger partial charge in [-0.25, -0.2) is 0 Å². The second-order valence-corrected chi connectivity index (χ2v) is 22.0. The normalized spacial score (nSPS) is 21.3. The van der Waals surface area contributed by atoms with Gasteiger partial charge in [0.25, 0.3) is 0 Å². The minimum absolute atomic E-state index is 0.0757. The van der Waals surface area contributed by atoms with Crippen molar-refractivity contribution < 1.29 is 4.42 Å². The number of rotatable bonds is 6. The molecule has 2 heteroatoms. The number of hydrogen-bond donors (Lipinski definition) is 0. The maximum absolute atomic E-state index is 6.38. The Bertz CT molecular complexity index is 3900. The molecule has 6 aliphatic carbocycles. The van der Waals surface area contributed by atoms with Crippen molar-refractivity contribution in [3.05, 3.63) is 270 Å². The summed E-state index contributed by atoms with van der Waals surface area (Å²) in [4.78, 5) is 2.53. The molecule has 10 aromatic carbocycles. The summed E-state index contributed by atoms with van der Waals surface area (Å²) >= 11 is 0. The number of nitrogens with zero attached hydrogens (tertiary/aromatic N) is 1. The van der Waals surface area contributed by atoms with Gasteiger partial charge in [-0.05, 0) is 188 Å². The van der Waals surface area contributed by atoms with Crippen LogP contribution in [-0.4, -0.2) is 0 Å². The Morgan fingerprint density at radius 3 is 1.40 bits per heavy atom. The number of anilines is 3. The monoisotopic (exact) mass is 935 g/mol.